The number of hydrogen-bond acceptors (Lipinski definition) is 10. The third kappa shape index (κ3) is 10.7. The maximum atomic E-state index is 15.2. The van der Waals surface area contributed by atoms with Gasteiger partial charge in [0.1, 0.15) is 23.5 Å². The van der Waals surface area contributed by atoms with Crippen LogP contribution >= 0.6 is 0 Å². The van der Waals surface area contributed by atoms with E-state index in [9.17, 15) is 24.3 Å². The Labute approximate surface area is 401 Å². The number of ether oxygens (including phenoxy) is 2. The monoisotopic (exact) mass is 943 g/mol. The van der Waals surface area contributed by atoms with E-state index in [2.05, 4.69) is 68.6 Å². The van der Waals surface area contributed by atoms with Gasteiger partial charge in [-0.1, -0.05) is 38.1 Å². The van der Waals surface area contributed by atoms with Gasteiger partial charge < -0.3 is 39.6 Å². The maximum absolute atomic E-state index is 15.2. The fourth-order valence-corrected chi connectivity index (χ4v) is 10.3. The van der Waals surface area contributed by atoms with E-state index in [0.717, 1.165) is 74.8 Å². The normalized spacial score (nSPS) is 19.7. The average Bonchev–Trinajstić information content (AvgIpc) is 3.95. The first-order valence-electron chi connectivity index (χ1n) is 24.2. The number of hydrogen-bond donors (Lipinski definition) is 4. The number of halogens is 1. The first-order chi connectivity index (χ1) is 33.3. The number of carbonyl (C=O) groups is 4. The summed E-state index contributed by atoms with van der Waals surface area (Å²) >= 11 is 0. The Morgan fingerprint density at radius 1 is 0.913 bits per heavy atom. The molecule has 3 aromatic carbocycles. The van der Waals surface area contributed by atoms with Gasteiger partial charge in [-0.05, 0) is 104 Å². The Bertz CT molecular complexity index is 2690. The van der Waals surface area contributed by atoms with Gasteiger partial charge in [0.05, 0.1) is 36.8 Å². The van der Waals surface area contributed by atoms with Gasteiger partial charge in [0.25, 0.3) is 5.91 Å². The second-order valence-corrected chi connectivity index (χ2v) is 19.3. The molecule has 364 valence electrons. The molecule has 6 amide bonds. The highest BCUT2D eigenvalue weighted by Gasteiger charge is 2.35. The van der Waals surface area contributed by atoms with Crippen LogP contribution in [0.1, 0.15) is 73.9 Å². The zero-order valence-corrected chi connectivity index (χ0v) is 39.8. The molecule has 69 heavy (non-hydrogen) atoms. The van der Waals surface area contributed by atoms with E-state index in [-0.39, 0.29) is 55.5 Å². The highest BCUT2D eigenvalue weighted by molar-refractivity contribution is 6.07. The number of likely N-dealkylation sites (tertiary alicyclic amines) is 3. The molecule has 2 unspecified atom stereocenters. The van der Waals surface area contributed by atoms with E-state index >= 15 is 4.39 Å². The zero-order chi connectivity index (χ0) is 48.3. The molecule has 6 heterocycles. The van der Waals surface area contributed by atoms with Crippen LogP contribution in [0.2, 0.25) is 0 Å². The van der Waals surface area contributed by atoms with Gasteiger partial charge in [-0.15, -0.1) is 0 Å². The van der Waals surface area contributed by atoms with Gasteiger partial charge in [0.2, 0.25) is 5.91 Å². The molecule has 17 heteroatoms. The second-order valence-electron chi connectivity index (χ2n) is 19.3. The smallest absolute Gasteiger partial charge is 0.328 e. The first kappa shape index (κ1) is 47.6. The van der Waals surface area contributed by atoms with Gasteiger partial charge in [-0.25, -0.2) is 23.9 Å². The molecular weight excluding hydrogens is 882 g/mol. The van der Waals surface area contributed by atoms with Crippen molar-refractivity contribution in [3.63, 3.8) is 0 Å². The summed E-state index contributed by atoms with van der Waals surface area (Å²) in [6.45, 7) is 11.0. The zero-order valence-electron chi connectivity index (χ0n) is 39.8. The van der Waals surface area contributed by atoms with Crippen molar-refractivity contribution in [2.45, 2.75) is 84.0 Å². The predicted octanol–water partition coefficient (Wildman–Crippen LogP) is 7.39. The number of carbonyl (C=O) groups excluding carboxylic acids is 4. The van der Waals surface area contributed by atoms with Crippen molar-refractivity contribution >= 4 is 46.3 Å². The fraction of sp³-hybridized carbons (Fsp3) is 0.462. The molecule has 0 aliphatic carbocycles. The standard InChI is InChI=1S/C52H62FN9O7/c1-31(2)23-36-28-61(29-45(36)63)51(66)57-42-26-37(53)25-40(32(42)3)48-41-27-43(56-49(41)55-30-54-48)34-7-5-33(6-8-34)11-17-59-18-12-38(13-19-59)69-39-14-20-60(21-15-39)50(65)35-9-10-46(68-4)44(24-35)62-22-16-47(64)58-52(62)67/h5-10,24-27,30-31,36,38-39,45,63H,11-23,28-29H2,1-4H3,(H,57,66)(H,54,55,56)(H,58,64,67). The molecule has 0 spiro atoms. The molecule has 4 fully saturated rings. The number of imide groups is 1. The number of β-amino-alcohol motifs (C(OH)–C–C–N with tert-alkyl or cyclic N) is 1. The van der Waals surface area contributed by atoms with Crippen LogP contribution in [0.4, 0.5) is 25.4 Å². The average molecular weight is 944 g/mol. The summed E-state index contributed by atoms with van der Waals surface area (Å²) in [7, 11) is 1.51. The Hall–Kier alpha value is -6.43. The van der Waals surface area contributed by atoms with Gasteiger partial charge in [0, 0.05) is 92.6 Å². The van der Waals surface area contributed by atoms with Crippen LogP contribution in [0.3, 0.4) is 0 Å². The van der Waals surface area contributed by atoms with E-state index in [1.807, 2.05) is 17.9 Å². The molecule has 0 radical (unpaired) electrons. The minimum absolute atomic E-state index is 0.00912. The fourth-order valence-electron chi connectivity index (χ4n) is 10.3. The lowest BCUT2D eigenvalue weighted by molar-refractivity contribution is -0.120. The number of methoxy groups -OCH3 is 1. The number of H-pyrrole nitrogens is 1. The third-order valence-corrected chi connectivity index (χ3v) is 14.2. The number of fused-ring (bicyclic) bond motifs is 1. The van der Waals surface area contributed by atoms with E-state index in [1.165, 1.54) is 36.0 Å². The van der Waals surface area contributed by atoms with Crippen molar-refractivity contribution < 1.29 is 38.1 Å². The van der Waals surface area contributed by atoms with E-state index < -0.39 is 18.0 Å². The van der Waals surface area contributed by atoms with Crippen LogP contribution in [0.5, 0.6) is 5.75 Å². The number of nitrogens with one attached hydrogen (secondary N) is 3. The molecule has 2 aromatic heterocycles. The Morgan fingerprint density at radius 3 is 2.36 bits per heavy atom. The number of aromatic nitrogens is 3. The molecule has 4 aliphatic rings. The summed E-state index contributed by atoms with van der Waals surface area (Å²) in [6.07, 6.45) is 6.50. The summed E-state index contributed by atoms with van der Waals surface area (Å²) in [5, 5.41) is 16.6. The van der Waals surface area contributed by atoms with Gasteiger partial charge in [0.15, 0.2) is 0 Å². The van der Waals surface area contributed by atoms with Crippen molar-refractivity contribution in [2.75, 3.05) is 69.7 Å². The largest absolute Gasteiger partial charge is 0.495 e. The van der Waals surface area contributed by atoms with E-state index in [0.29, 0.717) is 70.7 Å². The molecule has 4 saturated heterocycles. The predicted molar refractivity (Wildman–Crippen MR) is 261 cm³/mol. The lowest BCUT2D eigenvalue weighted by atomic mass is 9.95. The highest BCUT2D eigenvalue weighted by atomic mass is 19.1. The van der Waals surface area contributed by atoms with Crippen molar-refractivity contribution in [1.82, 2.24) is 35.0 Å². The third-order valence-electron chi connectivity index (χ3n) is 14.2. The number of nitrogens with zero attached hydrogens (tertiary/aromatic N) is 6. The minimum Gasteiger partial charge on any atom is -0.495 e. The second kappa shape index (κ2) is 20.7. The number of aliphatic hydroxyl groups is 1. The molecule has 5 aromatic rings. The Kier molecular flexibility index (Phi) is 14.3. The number of piperidine rings is 2. The maximum Gasteiger partial charge on any atom is 0.328 e. The molecule has 4 N–H and O–H groups in total. The molecule has 4 aliphatic heterocycles. The van der Waals surface area contributed by atoms with Crippen LogP contribution in [0.15, 0.2) is 67.0 Å². The number of urea groups is 2. The van der Waals surface area contributed by atoms with Crippen molar-refractivity contribution in [3.05, 3.63) is 89.5 Å². The van der Waals surface area contributed by atoms with Crippen molar-refractivity contribution in [3.8, 4) is 28.3 Å². The first-order valence-corrected chi connectivity index (χ1v) is 24.2. The Morgan fingerprint density at radius 2 is 1.65 bits per heavy atom. The summed E-state index contributed by atoms with van der Waals surface area (Å²) in [4.78, 5) is 71.0. The number of rotatable bonds is 13. The quantitative estimate of drug-likeness (QED) is 0.0928. The Balaban J connectivity index is 0.745. The van der Waals surface area contributed by atoms with Crippen molar-refractivity contribution in [1.29, 1.82) is 0 Å². The molecule has 0 saturated carbocycles. The van der Waals surface area contributed by atoms with Crippen LogP contribution < -0.4 is 20.3 Å². The van der Waals surface area contributed by atoms with E-state index in [4.69, 9.17) is 9.47 Å². The molecule has 9 rings (SSSR count). The number of anilines is 2. The number of aliphatic hydroxyl groups excluding tert-OH is 1. The number of aromatic amines is 1. The summed E-state index contributed by atoms with van der Waals surface area (Å²) in [5.41, 5.74) is 6.77. The molecular formula is C52H62FN9O7. The minimum atomic E-state index is -0.586. The van der Waals surface area contributed by atoms with Crippen LogP contribution in [-0.2, 0) is 16.0 Å². The highest BCUT2D eigenvalue weighted by Crippen LogP contribution is 2.36. The van der Waals surface area contributed by atoms with Gasteiger partial charge in [-0.3, -0.25) is 19.8 Å². The molecule has 16 nitrogen and oxygen atoms in total. The summed E-state index contributed by atoms with van der Waals surface area (Å²) in [5.74, 6) is -0.0679. The summed E-state index contributed by atoms with van der Waals surface area (Å²) < 4.78 is 27.3. The van der Waals surface area contributed by atoms with Crippen LogP contribution in [0.25, 0.3) is 33.5 Å². The van der Waals surface area contributed by atoms with Crippen LogP contribution in [0, 0.1) is 24.6 Å². The van der Waals surface area contributed by atoms with Crippen LogP contribution in [-0.4, -0.2) is 136 Å². The number of benzene rings is 3. The van der Waals surface area contributed by atoms with Gasteiger partial charge in [-0.2, -0.15) is 0 Å². The molecule has 2 atom stereocenters. The lowest BCUT2D eigenvalue weighted by Crippen LogP contribution is -2.49. The number of amides is 6. The van der Waals surface area contributed by atoms with E-state index in [1.54, 1.807) is 23.1 Å². The topological polar surface area (TPSA) is 186 Å². The summed E-state index contributed by atoms with van der Waals surface area (Å²) in [6, 6.07) is 17.4. The lowest BCUT2D eigenvalue weighted by Gasteiger charge is -2.37. The molecule has 0 bridgehead atoms. The van der Waals surface area contributed by atoms with Gasteiger partial charge >= 0.3 is 12.1 Å². The van der Waals surface area contributed by atoms with Crippen molar-refractivity contribution in [2.24, 2.45) is 11.8 Å². The SMILES string of the molecule is COc1ccc(C(=O)N2CCC(OC3CCN(CCc4ccc(-c5cc6c(-c7cc(F)cc(NC(=O)N8CC(O)C(CC(C)C)C8)c7C)ncnc6[nH]5)cc4)CC3)CC2)cc1N1CCC(=O)NC1=O.